The molecule has 3 nitrogen and oxygen atoms in total. The third kappa shape index (κ3) is 2.45. The van der Waals surface area contributed by atoms with Gasteiger partial charge in [-0.1, -0.05) is 6.92 Å². The second kappa shape index (κ2) is 4.15. The number of anilines is 1. The van der Waals surface area contributed by atoms with Crippen LogP contribution in [0.5, 0.6) is 0 Å². The maximum Gasteiger partial charge on any atom is 0.416 e. The summed E-state index contributed by atoms with van der Waals surface area (Å²) in [7, 11) is -3.52. The molecular weight excluding hydrogens is 267 g/mol. The van der Waals surface area contributed by atoms with E-state index in [1.54, 1.807) is 6.92 Å². The summed E-state index contributed by atoms with van der Waals surface area (Å²) in [6.07, 6.45) is -4.47. The topological polar surface area (TPSA) is 46.2 Å². The highest BCUT2D eigenvalue weighted by atomic mass is 32.2. The minimum absolute atomic E-state index is 0.0363. The SMILES string of the molecule is CC1CNc2cc(C(F)(F)F)ccc2S(=O)(=O)C1. The van der Waals surface area contributed by atoms with E-state index in [2.05, 4.69) is 5.32 Å². The molecule has 1 N–H and O–H groups in total. The van der Waals surface area contributed by atoms with Crippen LogP contribution in [0, 0.1) is 5.92 Å². The molecular formula is C11H12F3NO2S. The molecule has 1 heterocycles. The van der Waals surface area contributed by atoms with Gasteiger partial charge >= 0.3 is 6.18 Å². The molecule has 1 unspecified atom stereocenters. The van der Waals surface area contributed by atoms with Gasteiger partial charge in [0.2, 0.25) is 0 Å². The molecule has 2 rings (SSSR count). The number of hydrogen-bond donors (Lipinski definition) is 1. The van der Waals surface area contributed by atoms with Crippen LogP contribution >= 0.6 is 0 Å². The van der Waals surface area contributed by atoms with Gasteiger partial charge in [0.25, 0.3) is 0 Å². The van der Waals surface area contributed by atoms with Crippen LogP contribution in [0.3, 0.4) is 0 Å². The number of benzene rings is 1. The molecule has 1 aromatic rings. The van der Waals surface area contributed by atoms with Crippen LogP contribution in [0.25, 0.3) is 0 Å². The van der Waals surface area contributed by atoms with E-state index in [9.17, 15) is 21.6 Å². The first-order valence-electron chi connectivity index (χ1n) is 5.38. The summed E-state index contributed by atoms with van der Waals surface area (Å²) in [6.45, 7) is 2.08. The van der Waals surface area contributed by atoms with E-state index in [1.807, 2.05) is 0 Å². The average Bonchev–Trinajstić information content (AvgIpc) is 2.34. The van der Waals surface area contributed by atoms with E-state index in [4.69, 9.17) is 0 Å². The van der Waals surface area contributed by atoms with Crippen molar-refractivity contribution in [2.24, 2.45) is 5.92 Å². The van der Waals surface area contributed by atoms with Crippen molar-refractivity contribution in [3.63, 3.8) is 0 Å². The Labute approximate surface area is 103 Å². The molecule has 1 atom stereocenters. The number of alkyl halides is 3. The Balaban J connectivity index is 2.55. The summed E-state index contributed by atoms with van der Waals surface area (Å²) >= 11 is 0. The second-order valence-corrected chi connectivity index (χ2v) is 6.48. The monoisotopic (exact) mass is 279 g/mol. The van der Waals surface area contributed by atoms with E-state index < -0.39 is 21.6 Å². The van der Waals surface area contributed by atoms with Crippen molar-refractivity contribution < 1.29 is 21.6 Å². The molecule has 1 aliphatic rings. The molecule has 0 aromatic heterocycles. The molecule has 1 aliphatic heterocycles. The lowest BCUT2D eigenvalue weighted by Gasteiger charge is -2.12. The minimum atomic E-state index is -4.47. The summed E-state index contributed by atoms with van der Waals surface area (Å²) in [6, 6.07) is 2.68. The fraction of sp³-hybridized carbons (Fsp3) is 0.455. The van der Waals surface area contributed by atoms with Crippen molar-refractivity contribution in [3.05, 3.63) is 23.8 Å². The van der Waals surface area contributed by atoms with Gasteiger partial charge in [0.1, 0.15) is 0 Å². The fourth-order valence-corrected chi connectivity index (χ4v) is 3.71. The van der Waals surface area contributed by atoms with Gasteiger partial charge in [-0.15, -0.1) is 0 Å². The van der Waals surface area contributed by atoms with E-state index in [-0.39, 0.29) is 22.3 Å². The van der Waals surface area contributed by atoms with Crippen LogP contribution in [-0.2, 0) is 16.0 Å². The highest BCUT2D eigenvalue weighted by Gasteiger charge is 2.33. The standard InChI is InChI=1S/C11H12F3NO2S/c1-7-5-15-9-4-8(11(12,13)14)2-3-10(9)18(16,17)6-7/h2-4,7,15H,5-6H2,1H3. The second-order valence-electron chi connectivity index (χ2n) is 4.48. The molecule has 0 radical (unpaired) electrons. The third-order valence-electron chi connectivity index (χ3n) is 2.79. The quantitative estimate of drug-likeness (QED) is 0.794. The molecule has 0 fully saturated rings. The average molecular weight is 279 g/mol. The number of rotatable bonds is 0. The summed E-state index contributed by atoms with van der Waals surface area (Å²) in [5, 5.41) is 2.76. The van der Waals surface area contributed by atoms with Gasteiger partial charge in [0, 0.05) is 6.54 Å². The summed E-state index contributed by atoms with van der Waals surface area (Å²) in [5.41, 5.74) is -0.812. The first-order chi connectivity index (χ1) is 8.20. The highest BCUT2D eigenvalue weighted by molar-refractivity contribution is 7.91. The maximum absolute atomic E-state index is 12.6. The Kier molecular flexibility index (Phi) is 3.04. The predicted octanol–water partition coefficient (Wildman–Crippen LogP) is 2.54. The van der Waals surface area contributed by atoms with Gasteiger partial charge in [0.15, 0.2) is 9.84 Å². The van der Waals surface area contributed by atoms with Crippen LogP contribution in [0.2, 0.25) is 0 Å². The number of fused-ring (bicyclic) bond motifs is 1. The van der Waals surface area contributed by atoms with Crippen molar-refractivity contribution in [2.75, 3.05) is 17.6 Å². The molecule has 1 aromatic carbocycles. The molecule has 0 spiro atoms. The maximum atomic E-state index is 12.6. The van der Waals surface area contributed by atoms with Crippen LogP contribution in [0.1, 0.15) is 12.5 Å². The van der Waals surface area contributed by atoms with Crippen molar-refractivity contribution >= 4 is 15.5 Å². The Hall–Kier alpha value is -1.24. The van der Waals surface area contributed by atoms with E-state index in [1.165, 1.54) is 0 Å². The molecule has 18 heavy (non-hydrogen) atoms. The molecule has 0 saturated heterocycles. The Morgan fingerprint density at radius 3 is 2.61 bits per heavy atom. The Morgan fingerprint density at radius 1 is 1.33 bits per heavy atom. The van der Waals surface area contributed by atoms with Crippen LogP contribution in [-0.4, -0.2) is 20.7 Å². The van der Waals surface area contributed by atoms with Crippen molar-refractivity contribution in [1.29, 1.82) is 0 Å². The van der Waals surface area contributed by atoms with Gasteiger partial charge in [-0.3, -0.25) is 0 Å². The smallest absolute Gasteiger partial charge is 0.384 e. The summed E-state index contributed by atoms with van der Waals surface area (Å²) in [5.74, 6) is -0.199. The van der Waals surface area contributed by atoms with Gasteiger partial charge < -0.3 is 5.32 Å². The van der Waals surface area contributed by atoms with E-state index >= 15 is 0 Å². The third-order valence-corrected chi connectivity index (χ3v) is 4.82. The van der Waals surface area contributed by atoms with Crippen LogP contribution < -0.4 is 5.32 Å². The van der Waals surface area contributed by atoms with Crippen LogP contribution in [0.15, 0.2) is 23.1 Å². The molecule has 7 heteroatoms. The molecule has 0 bridgehead atoms. The van der Waals surface area contributed by atoms with E-state index in [0.29, 0.717) is 6.54 Å². The molecule has 0 saturated carbocycles. The summed E-state index contributed by atoms with van der Waals surface area (Å²) < 4.78 is 61.5. The lowest BCUT2D eigenvalue weighted by molar-refractivity contribution is -0.137. The number of sulfone groups is 1. The number of nitrogens with one attached hydrogen (secondary N) is 1. The van der Waals surface area contributed by atoms with Crippen molar-refractivity contribution in [3.8, 4) is 0 Å². The van der Waals surface area contributed by atoms with Crippen molar-refractivity contribution in [1.82, 2.24) is 0 Å². The lowest BCUT2D eigenvalue weighted by Crippen LogP contribution is -2.15. The van der Waals surface area contributed by atoms with Gasteiger partial charge in [-0.05, 0) is 24.1 Å². The van der Waals surface area contributed by atoms with Gasteiger partial charge in [-0.25, -0.2) is 8.42 Å². The Bertz CT molecular complexity index is 566. The predicted molar refractivity (Wildman–Crippen MR) is 61.2 cm³/mol. The van der Waals surface area contributed by atoms with Crippen molar-refractivity contribution in [2.45, 2.75) is 18.0 Å². The summed E-state index contributed by atoms with van der Waals surface area (Å²) in [4.78, 5) is -0.0557. The molecule has 0 aliphatic carbocycles. The largest absolute Gasteiger partial charge is 0.416 e. The number of halogens is 3. The first-order valence-corrected chi connectivity index (χ1v) is 7.03. The molecule has 0 amide bonds. The zero-order valence-corrected chi connectivity index (χ0v) is 10.4. The van der Waals surface area contributed by atoms with E-state index in [0.717, 1.165) is 18.2 Å². The van der Waals surface area contributed by atoms with Gasteiger partial charge in [0.05, 0.1) is 21.9 Å². The fourth-order valence-electron chi connectivity index (χ4n) is 1.92. The normalized spacial score (nSPS) is 22.8. The zero-order valence-electron chi connectivity index (χ0n) is 9.58. The first kappa shape index (κ1) is 13.2. The molecule has 100 valence electrons. The lowest BCUT2D eigenvalue weighted by atomic mass is 10.1. The Morgan fingerprint density at radius 2 is 2.00 bits per heavy atom. The minimum Gasteiger partial charge on any atom is -0.384 e. The van der Waals surface area contributed by atoms with Gasteiger partial charge in [-0.2, -0.15) is 13.2 Å². The zero-order chi connectivity index (χ0) is 13.6. The number of hydrogen-bond acceptors (Lipinski definition) is 3. The van der Waals surface area contributed by atoms with Crippen LogP contribution in [0.4, 0.5) is 18.9 Å². The highest BCUT2D eigenvalue weighted by Crippen LogP contribution is 2.35.